The molecular weight excluding hydrogens is 1270 g/mol. The summed E-state index contributed by atoms with van der Waals surface area (Å²) in [5.74, 6) is 0. The molecule has 0 atom stereocenters. The summed E-state index contributed by atoms with van der Waals surface area (Å²) in [5, 5.41) is 11.0. The van der Waals surface area contributed by atoms with Crippen molar-refractivity contribution in [1.82, 2.24) is 0 Å². The minimum atomic E-state index is 0. The van der Waals surface area contributed by atoms with Crippen molar-refractivity contribution in [2.45, 2.75) is 131 Å². The van der Waals surface area contributed by atoms with E-state index in [4.69, 9.17) is 0 Å². The number of benzene rings is 8. The molecule has 6 heteroatoms. The second kappa shape index (κ2) is 39.1. The molecule has 0 aromatic heterocycles. The molecule has 0 unspecified atom stereocenters. The Morgan fingerprint density at radius 2 is 0.465 bits per heavy atom. The molecule has 12 aromatic carbocycles. The van der Waals surface area contributed by atoms with Crippen LogP contribution in [0.4, 0.5) is 0 Å². The van der Waals surface area contributed by atoms with Crippen LogP contribution in [0.2, 0.25) is 26.2 Å². The average Bonchev–Trinajstić information content (AvgIpc) is 4.54. The Hall–Kier alpha value is -5.02. The van der Waals surface area contributed by atoms with Crippen LogP contribution in [0.15, 0.2) is 243 Å². The van der Waals surface area contributed by atoms with Gasteiger partial charge in [0.05, 0.1) is 0 Å². The van der Waals surface area contributed by atoms with Crippen LogP contribution < -0.4 is 24.8 Å². The Labute approximate surface area is 560 Å². The summed E-state index contributed by atoms with van der Waals surface area (Å²) in [5.41, 5.74) is 16.9. The van der Waals surface area contributed by atoms with Crippen LogP contribution in [0.3, 0.4) is 0 Å². The maximum atomic E-state index is 2.37. The van der Waals surface area contributed by atoms with Crippen LogP contribution in [0.1, 0.15) is 101 Å². The SMILES string of the molecule is CCCCc1cc2c(-c3ccccc3)cccc2[cH-]1.CCCCc1cc2c(-c3ccccc3)cccc2[cH-]1.CCCCc1cc2c(-c3ccccc3)cccc2[cH-]1.CCCCc1cc2c(-c3ccccc3)cccc2[cH-]1.C[Si](C)=[Zr+2].C[Si](C)=[Zr+2].[Cl-].[Cl-]. The average molecular weight is 1360 g/mol. The summed E-state index contributed by atoms with van der Waals surface area (Å²) in [6, 6.07) is 87.9. The second-order valence-electron chi connectivity index (χ2n) is 22.6. The predicted octanol–water partition coefficient (Wildman–Crippen LogP) is 17.8. The van der Waals surface area contributed by atoms with Gasteiger partial charge in [-0.25, -0.2) is 0 Å². The molecule has 0 fully saturated rings. The van der Waals surface area contributed by atoms with Gasteiger partial charge in [0.1, 0.15) is 0 Å². The molecular formula is C80H88Cl2Si2Zr2-2. The third kappa shape index (κ3) is 22.2. The zero-order chi connectivity index (χ0) is 59.5. The summed E-state index contributed by atoms with van der Waals surface area (Å²) in [6.07, 6.45) is 14.9. The summed E-state index contributed by atoms with van der Waals surface area (Å²) in [6.45, 7) is 18.2. The van der Waals surface area contributed by atoms with Crippen molar-refractivity contribution >= 4 is 54.0 Å². The quantitative estimate of drug-likeness (QED) is 0.0668. The maximum Gasteiger partial charge on any atom is -1.00 e. The van der Waals surface area contributed by atoms with E-state index in [1.807, 2.05) is 0 Å². The minimum Gasteiger partial charge on any atom is -1.00 e. The van der Waals surface area contributed by atoms with Crippen molar-refractivity contribution < 1.29 is 71.5 Å². The van der Waals surface area contributed by atoms with Crippen molar-refractivity contribution in [3.05, 3.63) is 265 Å². The van der Waals surface area contributed by atoms with Gasteiger partial charge in [0, 0.05) is 0 Å². The molecule has 0 aliphatic carbocycles. The Balaban J connectivity index is 0.000000199. The first kappa shape index (κ1) is 71.7. The Morgan fingerprint density at radius 3 is 0.640 bits per heavy atom. The Bertz CT molecular complexity index is 3360. The fourth-order valence-corrected chi connectivity index (χ4v) is 10.8. The minimum absolute atomic E-state index is 0. The van der Waals surface area contributed by atoms with Crippen molar-refractivity contribution in [2.75, 3.05) is 0 Å². The van der Waals surface area contributed by atoms with Gasteiger partial charge in [0.25, 0.3) is 0 Å². The van der Waals surface area contributed by atoms with E-state index >= 15 is 0 Å². The van der Waals surface area contributed by atoms with Gasteiger partial charge in [0.2, 0.25) is 0 Å². The fraction of sp³-hybridized carbons (Fsp3) is 0.250. The topological polar surface area (TPSA) is 0 Å². The number of rotatable bonds is 16. The Morgan fingerprint density at radius 1 is 0.279 bits per heavy atom. The Kier molecular flexibility index (Phi) is 32.6. The fourth-order valence-electron chi connectivity index (χ4n) is 10.8. The second-order valence-corrected chi connectivity index (χ2v) is 41.3. The van der Waals surface area contributed by atoms with Gasteiger partial charge in [-0.15, -0.1) is 138 Å². The van der Waals surface area contributed by atoms with E-state index in [1.165, 1.54) is 187 Å². The van der Waals surface area contributed by atoms with E-state index in [0.29, 0.717) is 0 Å². The van der Waals surface area contributed by atoms with Crippen LogP contribution in [-0.4, -0.2) is 10.9 Å². The van der Waals surface area contributed by atoms with E-state index in [0.717, 1.165) is 0 Å². The van der Waals surface area contributed by atoms with Crippen LogP contribution in [0.5, 0.6) is 0 Å². The molecule has 0 saturated carbocycles. The van der Waals surface area contributed by atoms with Crippen molar-refractivity contribution in [1.29, 1.82) is 0 Å². The monoisotopic (exact) mass is 1350 g/mol. The molecule has 0 N–H and O–H groups in total. The first-order valence-electron chi connectivity index (χ1n) is 31.0. The summed E-state index contributed by atoms with van der Waals surface area (Å²) in [7, 11) is 0. The van der Waals surface area contributed by atoms with E-state index in [1.54, 1.807) is 46.7 Å². The molecule has 0 aliphatic rings. The maximum absolute atomic E-state index is 2.37. The summed E-state index contributed by atoms with van der Waals surface area (Å²) < 4.78 is 0. The number of unbranched alkanes of at least 4 members (excludes halogenated alkanes) is 4. The molecule has 86 heavy (non-hydrogen) atoms. The molecule has 0 radical (unpaired) electrons. The van der Waals surface area contributed by atoms with Gasteiger partial charge in [0.15, 0.2) is 0 Å². The molecule has 0 aliphatic heterocycles. The standard InChI is InChI=1S/4C19H19.2C2H6Si.2ClH.2Zr/c4*1-2-3-8-15-13-17-11-7-12-18(19(17)14-15)16-9-5-4-6-10-16;2*1-3-2;;;;/h4*4-7,9-14H,2-3,8H2,1H3;2*1-2H3;2*1H;;/q4*-1;;;;;2*+2/p-2. The molecule has 0 nitrogen and oxygen atoms in total. The van der Waals surface area contributed by atoms with Crippen LogP contribution in [0.25, 0.3) is 87.6 Å². The molecule has 0 bridgehead atoms. The summed E-state index contributed by atoms with van der Waals surface area (Å²) in [4.78, 5) is 0. The molecule has 0 saturated heterocycles. The van der Waals surface area contributed by atoms with E-state index in [-0.39, 0.29) is 35.7 Å². The zero-order valence-electron chi connectivity index (χ0n) is 52.3. The molecule has 0 spiro atoms. The number of hydrogen-bond acceptors (Lipinski definition) is 0. The summed E-state index contributed by atoms with van der Waals surface area (Å²) >= 11 is 3.48. The van der Waals surface area contributed by atoms with E-state index < -0.39 is 0 Å². The number of halogens is 2. The molecule has 0 amide bonds. The third-order valence-corrected chi connectivity index (χ3v) is 14.9. The van der Waals surface area contributed by atoms with Gasteiger partial charge >= 0.3 is 83.7 Å². The van der Waals surface area contributed by atoms with Crippen molar-refractivity contribution in [2.24, 2.45) is 0 Å². The normalized spacial score (nSPS) is 10.4. The molecule has 0 heterocycles. The zero-order valence-corrected chi connectivity index (χ0v) is 60.8. The van der Waals surface area contributed by atoms with Gasteiger partial charge < -0.3 is 24.8 Å². The van der Waals surface area contributed by atoms with Gasteiger partial charge in [-0.1, -0.05) is 247 Å². The third-order valence-electron chi connectivity index (χ3n) is 14.9. The largest absolute Gasteiger partial charge is 1.00 e. The first-order chi connectivity index (χ1) is 41.0. The van der Waals surface area contributed by atoms with Crippen LogP contribution in [-0.2, 0) is 72.4 Å². The number of hydrogen-bond donors (Lipinski definition) is 0. The van der Waals surface area contributed by atoms with Gasteiger partial charge in [-0.2, -0.15) is 24.3 Å². The molecule has 12 rings (SSSR count). The van der Waals surface area contributed by atoms with Gasteiger partial charge in [-0.05, 0) is 47.9 Å². The van der Waals surface area contributed by atoms with Crippen LogP contribution in [0, 0.1) is 0 Å². The number of aryl methyl sites for hydroxylation is 4. The number of fused-ring (bicyclic) bond motifs is 4. The molecule has 440 valence electrons. The van der Waals surface area contributed by atoms with Crippen molar-refractivity contribution in [3.8, 4) is 44.5 Å². The van der Waals surface area contributed by atoms with E-state index in [9.17, 15) is 0 Å². The van der Waals surface area contributed by atoms with Gasteiger partial charge in [-0.3, -0.25) is 0 Å². The first-order valence-corrected chi connectivity index (χ1v) is 43.4. The smallest absolute Gasteiger partial charge is 1.00 e. The molecule has 12 aromatic rings. The van der Waals surface area contributed by atoms with Crippen molar-refractivity contribution in [3.63, 3.8) is 0 Å². The van der Waals surface area contributed by atoms with Crippen LogP contribution >= 0.6 is 0 Å². The predicted molar refractivity (Wildman–Crippen MR) is 369 cm³/mol. The van der Waals surface area contributed by atoms with E-state index in [2.05, 4.69) is 297 Å².